The first-order chi connectivity index (χ1) is 14.9. The van der Waals surface area contributed by atoms with E-state index in [9.17, 15) is 19.7 Å². The van der Waals surface area contributed by atoms with Gasteiger partial charge in [-0.2, -0.15) is 0 Å². The maximum Gasteiger partial charge on any atom is 0.329 e. The van der Waals surface area contributed by atoms with Crippen molar-refractivity contribution in [1.82, 2.24) is 10.2 Å². The number of amides is 3. The maximum atomic E-state index is 13.3. The van der Waals surface area contributed by atoms with Crippen molar-refractivity contribution in [2.45, 2.75) is 18.9 Å². The van der Waals surface area contributed by atoms with Crippen molar-refractivity contribution in [2.75, 3.05) is 37.7 Å². The second-order valence-electron chi connectivity index (χ2n) is 7.96. The number of hydrogen-bond donors (Lipinski definition) is 2. The standard InChI is InChI=1S/C22H25N5O4/c1-2-22(17-6-4-3-5-7-17)20(28)26(21(29)23-22)16-24-12-14-25(15-13-24)18-8-10-19(11-9-18)27(30)31/h3-11H,2,12-16H2,1H3,(H,23,29)/p+1/t22-/m0/s1. The van der Waals surface area contributed by atoms with E-state index in [2.05, 4.69) is 10.2 Å². The molecular formula is C22H26N5O4+. The van der Waals surface area contributed by atoms with Crippen LogP contribution in [0.1, 0.15) is 18.9 Å². The number of hydrogen-bond acceptors (Lipinski definition) is 5. The van der Waals surface area contributed by atoms with Crippen molar-refractivity contribution in [3.8, 4) is 0 Å². The number of nitro benzene ring substituents is 1. The van der Waals surface area contributed by atoms with E-state index in [1.807, 2.05) is 37.3 Å². The fourth-order valence-corrected chi connectivity index (χ4v) is 4.38. The molecule has 4 rings (SSSR count). The lowest BCUT2D eigenvalue weighted by molar-refractivity contribution is -0.907. The van der Waals surface area contributed by atoms with Gasteiger partial charge in [0.15, 0.2) is 6.67 Å². The molecule has 9 heteroatoms. The summed E-state index contributed by atoms with van der Waals surface area (Å²) in [6.07, 6.45) is 0.487. The minimum absolute atomic E-state index is 0.0735. The second kappa shape index (κ2) is 8.35. The Hall–Kier alpha value is -3.46. The molecule has 1 atom stereocenters. The molecular weight excluding hydrogens is 398 g/mol. The van der Waals surface area contributed by atoms with Crippen LogP contribution in [0, 0.1) is 10.1 Å². The highest BCUT2D eigenvalue weighted by Crippen LogP contribution is 2.31. The van der Waals surface area contributed by atoms with Crippen molar-refractivity contribution in [2.24, 2.45) is 0 Å². The Morgan fingerprint density at radius 2 is 1.71 bits per heavy atom. The molecule has 9 nitrogen and oxygen atoms in total. The molecule has 0 radical (unpaired) electrons. The lowest BCUT2D eigenvalue weighted by Crippen LogP contribution is -3.16. The molecule has 0 aromatic heterocycles. The van der Waals surface area contributed by atoms with E-state index in [0.29, 0.717) is 13.1 Å². The summed E-state index contributed by atoms with van der Waals surface area (Å²) in [5, 5.41) is 13.8. The number of carbonyl (C=O) groups excluding carboxylic acids is 2. The van der Waals surface area contributed by atoms with E-state index in [-0.39, 0.29) is 17.6 Å². The molecule has 3 amide bonds. The molecule has 2 aliphatic heterocycles. The lowest BCUT2D eigenvalue weighted by atomic mass is 9.87. The molecule has 0 aliphatic carbocycles. The van der Waals surface area contributed by atoms with Gasteiger partial charge >= 0.3 is 6.03 Å². The van der Waals surface area contributed by atoms with Crippen LogP contribution in [-0.4, -0.2) is 54.6 Å². The fraction of sp³-hybridized carbons (Fsp3) is 0.364. The number of nitrogens with zero attached hydrogens (tertiary/aromatic N) is 3. The van der Waals surface area contributed by atoms with Crippen LogP contribution in [0.25, 0.3) is 0 Å². The second-order valence-corrected chi connectivity index (χ2v) is 7.96. The number of carbonyl (C=O) groups is 2. The monoisotopic (exact) mass is 424 g/mol. The molecule has 2 aliphatic rings. The molecule has 0 saturated carbocycles. The maximum absolute atomic E-state index is 13.3. The first-order valence-electron chi connectivity index (χ1n) is 10.5. The van der Waals surface area contributed by atoms with Gasteiger partial charge in [0.25, 0.3) is 11.6 Å². The van der Waals surface area contributed by atoms with Gasteiger partial charge in [-0.05, 0) is 24.1 Å². The third-order valence-electron chi connectivity index (χ3n) is 6.25. The van der Waals surface area contributed by atoms with Crippen LogP contribution in [-0.2, 0) is 10.3 Å². The molecule has 2 N–H and O–H groups in total. The Kier molecular flexibility index (Phi) is 5.60. The number of urea groups is 1. The van der Waals surface area contributed by atoms with Crippen LogP contribution in [0.15, 0.2) is 54.6 Å². The smallest absolute Gasteiger partial charge is 0.329 e. The SMILES string of the molecule is CC[C@@]1(c2ccccc2)NC(=O)N(C[NH+]2CCN(c3ccc([N+](=O)[O-])cc3)CC2)C1=O. The van der Waals surface area contributed by atoms with Gasteiger partial charge in [-0.1, -0.05) is 37.3 Å². The Labute approximate surface area is 180 Å². The van der Waals surface area contributed by atoms with Gasteiger partial charge in [0.1, 0.15) is 5.54 Å². The largest absolute Gasteiger partial charge is 0.360 e. The minimum Gasteiger partial charge on any atom is -0.360 e. The number of nitro groups is 1. The fourth-order valence-electron chi connectivity index (χ4n) is 4.38. The summed E-state index contributed by atoms with van der Waals surface area (Å²) in [5.41, 5.74) is 0.813. The molecule has 2 saturated heterocycles. The van der Waals surface area contributed by atoms with E-state index in [0.717, 1.165) is 42.3 Å². The normalized spacial score (nSPS) is 22.0. The highest BCUT2D eigenvalue weighted by molar-refractivity contribution is 6.07. The van der Waals surface area contributed by atoms with E-state index in [1.165, 1.54) is 17.0 Å². The zero-order valence-electron chi connectivity index (χ0n) is 17.4. The average Bonchev–Trinajstić information content (AvgIpc) is 3.05. The van der Waals surface area contributed by atoms with Crippen molar-refractivity contribution in [3.63, 3.8) is 0 Å². The molecule has 0 bridgehead atoms. The van der Waals surface area contributed by atoms with E-state index >= 15 is 0 Å². The zero-order valence-corrected chi connectivity index (χ0v) is 17.4. The van der Waals surface area contributed by atoms with Crippen LogP contribution in [0.3, 0.4) is 0 Å². The quantitative estimate of drug-likeness (QED) is 0.411. The summed E-state index contributed by atoms with van der Waals surface area (Å²) < 4.78 is 0. The molecule has 2 aromatic rings. The molecule has 2 fully saturated rings. The summed E-state index contributed by atoms with van der Waals surface area (Å²) >= 11 is 0. The van der Waals surface area contributed by atoms with Crippen LogP contribution in [0.4, 0.5) is 16.2 Å². The first kappa shape index (κ1) is 20.8. The van der Waals surface area contributed by atoms with Crippen molar-refractivity contribution < 1.29 is 19.4 Å². The molecule has 0 spiro atoms. The van der Waals surface area contributed by atoms with E-state index < -0.39 is 10.5 Å². The van der Waals surface area contributed by atoms with E-state index in [1.54, 1.807) is 12.1 Å². The number of nitrogens with one attached hydrogen (secondary N) is 2. The molecule has 2 aromatic carbocycles. The zero-order chi connectivity index (χ0) is 22.0. The van der Waals surface area contributed by atoms with Gasteiger partial charge in [-0.3, -0.25) is 14.9 Å². The van der Waals surface area contributed by atoms with Gasteiger partial charge < -0.3 is 15.1 Å². The van der Waals surface area contributed by atoms with Crippen molar-refractivity contribution in [1.29, 1.82) is 0 Å². The Morgan fingerprint density at radius 3 is 2.29 bits per heavy atom. The van der Waals surface area contributed by atoms with Gasteiger partial charge in [-0.25, -0.2) is 9.69 Å². The summed E-state index contributed by atoms with van der Waals surface area (Å²) in [6, 6.07) is 15.6. The number of piperazine rings is 1. The highest BCUT2D eigenvalue weighted by Gasteiger charge is 2.52. The summed E-state index contributed by atoms with van der Waals surface area (Å²) in [6.45, 7) is 5.25. The number of imide groups is 1. The Morgan fingerprint density at radius 1 is 1.06 bits per heavy atom. The minimum atomic E-state index is -1.00. The molecule has 0 unspecified atom stereocenters. The van der Waals surface area contributed by atoms with Gasteiger partial charge in [0, 0.05) is 17.8 Å². The number of quaternary nitrogens is 1. The lowest BCUT2D eigenvalue weighted by Gasteiger charge is -2.34. The number of benzene rings is 2. The van der Waals surface area contributed by atoms with Crippen LogP contribution >= 0.6 is 0 Å². The topological polar surface area (TPSA) is 100 Å². The van der Waals surface area contributed by atoms with E-state index in [4.69, 9.17) is 0 Å². The van der Waals surface area contributed by atoms with Gasteiger partial charge in [-0.15, -0.1) is 0 Å². The Balaban J connectivity index is 1.40. The molecule has 31 heavy (non-hydrogen) atoms. The summed E-state index contributed by atoms with van der Waals surface area (Å²) in [5.74, 6) is -0.198. The third-order valence-corrected chi connectivity index (χ3v) is 6.25. The number of anilines is 1. The third kappa shape index (κ3) is 3.84. The van der Waals surface area contributed by atoms with Gasteiger partial charge in [0.2, 0.25) is 0 Å². The summed E-state index contributed by atoms with van der Waals surface area (Å²) in [7, 11) is 0. The number of rotatable bonds is 6. The average molecular weight is 424 g/mol. The number of non-ortho nitro benzene ring substituents is 1. The van der Waals surface area contributed by atoms with Crippen molar-refractivity contribution >= 4 is 23.3 Å². The predicted molar refractivity (Wildman–Crippen MR) is 115 cm³/mol. The first-order valence-corrected chi connectivity index (χ1v) is 10.5. The molecule has 162 valence electrons. The van der Waals surface area contributed by atoms with Crippen LogP contribution < -0.4 is 15.1 Å². The summed E-state index contributed by atoms with van der Waals surface area (Å²) in [4.78, 5) is 41.1. The van der Waals surface area contributed by atoms with Crippen LogP contribution in [0.2, 0.25) is 0 Å². The van der Waals surface area contributed by atoms with Gasteiger partial charge in [0.05, 0.1) is 31.1 Å². The van der Waals surface area contributed by atoms with Crippen molar-refractivity contribution in [3.05, 3.63) is 70.3 Å². The predicted octanol–water partition coefficient (Wildman–Crippen LogP) is 1.11. The molecule has 2 heterocycles. The van der Waals surface area contributed by atoms with Crippen LogP contribution in [0.5, 0.6) is 0 Å². The Bertz CT molecular complexity index is 973. The highest BCUT2D eigenvalue weighted by atomic mass is 16.6.